The molecule has 0 unspecified atom stereocenters. The van der Waals surface area contributed by atoms with Gasteiger partial charge < -0.3 is 9.47 Å². The number of ketones is 1. The highest BCUT2D eigenvalue weighted by Gasteiger charge is 2.27. The first-order valence-electron chi connectivity index (χ1n) is 8.02. The number of hydrogen-bond donors (Lipinski definition) is 0. The average molecular weight is 328 g/mol. The van der Waals surface area contributed by atoms with Crippen molar-refractivity contribution in [2.75, 3.05) is 7.11 Å². The van der Waals surface area contributed by atoms with Gasteiger partial charge in [-0.25, -0.2) is 0 Å². The fourth-order valence-electron chi connectivity index (χ4n) is 2.85. The van der Waals surface area contributed by atoms with Crippen LogP contribution < -0.4 is 9.47 Å². The van der Waals surface area contributed by atoms with Crippen LogP contribution in [0.5, 0.6) is 11.5 Å². The number of allylic oxidation sites excluding steroid dienone is 1. The second-order valence-electron chi connectivity index (χ2n) is 5.79. The molecule has 0 aliphatic carbocycles. The summed E-state index contributed by atoms with van der Waals surface area (Å²) in [6.45, 7) is 0. The smallest absolute Gasteiger partial charge is 0.231 e. The molecule has 3 aromatic rings. The summed E-state index contributed by atoms with van der Waals surface area (Å²) in [5, 5.41) is 0. The van der Waals surface area contributed by atoms with Crippen molar-refractivity contribution < 1.29 is 14.3 Å². The Hall–Kier alpha value is -3.33. The standard InChI is InChI=1S/C22H16O3/c1-24-18-11-12-19-20(14-18)25-21(22(19)23)13-15-7-9-17(10-8-15)16-5-3-2-4-6-16/h2-14H,1H3/b21-13-. The summed E-state index contributed by atoms with van der Waals surface area (Å²) in [5.74, 6) is 1.43. The van der Waals surface area contributed by atoms with Gasteiger partial charge in [-0.05, 0) is 34.9 Å². The molecule has 1 aliphatic rings. The van der Waals surface area contributed by atoms with Crippen LogP contribution >= 0.6 is 0 Å². The molecule has 0 aromatic heterocycles. The van der Waals surface area contributed by atoms with E-state index in [4.69, 9.17) is 9.47 Å². The highest BCUT2D eigenvalue weighted by atomic mass is 16.5. The van der Waals surface area contributed by atoms with Crippen LogP contribution in [0.1, 0.15) is 15.9 Å². The zero-order valence-corrected chi connectivity index (χ0v) is 13.7. The molecule has 4 rings (SSSR count). The zero-order valence-electron chi connectivity index (χ0n) is 13.7. The van der Waals surface area contributed by atoms with Crippen molar-refractivity contribution in [3.63, 3.8) is 0 Å². The van der Waals surface area contributed by atoms with E-state index in [2.05, 4.69) is 12.1 Å². The Labute approximate surface area is 146 Å². The Morgan fingerprint density at radius 1 is 0.880 bits per heavy atom. The molecule has 1 aliphatic heterocycles. The Morgan fingerprint density at radius 3 is 2.32 bits per heavy atom. The molecular formula is C22H16O3. The maximum atomic E-state index is 12.5. The zero-order chi connectivity index (χ0) is 17.2. The third-order valence-corrected chi connectivity index (χ3v) is 4.19. The fourth-order valence-corrected chi connectivity index (χ4v) is 2.85. The monoisotopic (exact) mass is 328 g/mol. The summed E-state index contributed by atoms with van der Waals surface area (Å²) < 4.78 is 10.9. The van der Waals surface area contributed by atoms with E-state index in [1.165, 1.54) is 0 Å². The molecule has 0 atom stereocenters. The van der Waals surface area contributed by atoms with Gasteiger partial charge in [0, 0.05) is 6.07 Å². The second-order valence-corrected chi connectivity index (χ2v) is 5.79. The van der Waals surface area contributed by atoms with E-state index in [1.807, 2.05) is 42.5 Å². The minimum atomic E-state index is -0.107. The molecule has 0 bridgehead atoms. The number of carbonyl (C=O) groups excluding carboxylic acids is 1. The van der Waals surface area contributed by atoms with Crippen molar-refractivity contribution in [1.29, 1.82) is 0 Å². The molecule has 25 heavy (non-hydrogen) atoms. The van der Waals surface area contributed by atoms with E-state index >= 15 is 0 Å². The lowest BCUT2D eigenvalue weighted by Crippen LogP contribution is -1.97. The van der Waals surface area contributed by atoms with Gasteiger partial charge in [-0.1, -0.05) is 54.6 Å². The summed E-state index contributed by atoms with van der Waals surface area (Å²) in [5.41, 5.74) is 3.78. The predicted molar refractivity (Wildman–Crippen MR) is 97.8 cm³/mol. The SMILES string of the molecule is COc1ccc2c(c1)O/C(=C\c1ccc(-c3ccccc3)cc1)C2=O. The molecule has 0 amide bonds. The first-order valence-corrected chi connectivity index (χ1v) is 8.02. The number of Topliss-reactive ketones (excluding diaryl/α,β-unsaturated/α-hetero) is 1. The van der Waals surface area contributed by atoms with Crippen molar-refractivity contribution in [3.8, 4) is 22.6 Å². The van der Waals surface area contributed by atoms with Crippen molar-refractivity contribution in [1.82, 2.24) is 0 Å². The molecule has 0 spiro atoms. The summed E-state index contributed by atoms with van der Waals surface area (Å²) in [6, 6.07) is 23.4. The van der Waals surface area contributed by atoms with Crippen molar-refractivity contribution in [3.05, 3.63) is 89.7 Å². The van der Waals surface area contributed by atoms with Gasteiger partial charge >= 0.3 is 0 Å². The van der Waals surface area contributed by atoms with Gasteiger partial charge in [-0.2, -0.15) is 0 Å². The minimum Gasteiger partial charge on any atom is -0.497 e. The number of benzene rings is 3. The average Bonchev–Trinajstić information content (AvgIpc) is 2.98. The minimum absolute atomic E-state index is 0.107. The van der Waals surface area contributed by atoms with E-state index in [0.29, 0.717) is 22.8 Å². The number of ether oxygens (including phenoxy) is 2. The van der Waals surface area contributed by atoms with Gasteiger partial charge in [0.25, 0.3) is 0 Å². The topological polar surface area (TPSA) is 35.5 Å². The number of rotatable bonds is 3. The summed E-state index contributed by atoms with van der Waals surface area (Å²) in [4.78, 5) is 12.5. The maximum Gasteiger partial charge on any atom is 0.231 e. The fraction of sp³-hybridized carbons (Fsp3) is 0.0455. The predicted octanol–water partition coefficient (Wildman–Crippen LogP) is 4.98. The van der Waals surface area contributed by atoms with E-state index in [9.17, 15) is 4.79 Å². The van der Waals surface area contributed by atoms with E-state index < -0.39 is 0 Å². The largest absolute Gasteiger partial charge is 0.497 e. The highest BCUT2D eigenvalue weighted by Crippen LogP contribution is 2.34. The molecule has 3 nitrogen and oxygen atoms in total. The Balaban J connectivity index is 1.60. The molecule has 0 fully saturated rings. The van der Waals surface area contributed by atoms with Gasteiger partial charge in [0.05, 0.1) is 12.7 Å². The molecule has 122 valence electrons. The van der Waals surface area contributed by atoms with Crippen LogP contribution in [0, 0.1) is 0 Å². The third kappa shape index (κ3) is 2.92. The molecule has 3 heteroatoms. The molecule has 0 radical (unpaired) electrons. The second kappa shape index (κ2) is 6.29. The normalized spacial score (nSPS) is 14.3. The van der Waals surface area contributed by atoms with E-state index in [0.717, 1.165) is 16.7 Å². The lowest BCUT2D eigenvalue weighted by molar-refractivity contribution is 0.101. The van der Waals surface area contributed by atoms with Gasteiger partial charge in [0.1, 0.15) is 11.5 Å². The number of carbonyl (C=O) groups is 1. The van der Waals surface area contributed by atoms with Crippen molar-refractivity contribution in [2.45, 2.75) is 0 Å². The first-order chi connectivity index (χ1) is 12.2. The number of fused-ring (bicyclic) bond motifs is 1. The Bertz CT molecular complexity index is 954. The first kappa shape index (κ1) is 15.2. The highest BCUT2D eigenvalue weighted by molar-refractivity contribution is 6.14. The Kier molecular flexibility index (Phi) is 3.82. The molecule has 0 N–H and O–H groups in total. The molecule has 3 aromatic carbocycles. The van der Waals surface area contributed by atoms with Crippen molar-refractivity contribution >= 4 is 11.9 Å². The summed E-state index contributed by atoms with van der Waals surface area (Å²) >= 11 is 0. The lowest BCUT2D eigenvalue weighted by atomic mass is 10.0. The summed E-state index contributed by atoms with van der Waals surface area (Å²) in [7, 11) is 1.59. The van der Waals surface area contributed by atoms with Gasteiger partial charge in [-0.15, -0.1) is 0 Å². The van der Waals surface area contributed by atoms with Crippen LogP contribution in [0.4, 0.5) is 0 Å². The van der Waals surface area contributed by atoms with Crippen molar-refractivity contribution in [2.24, 2.45) is 0 Å². The molecule has 1 heterocycles. The van der Waals surface area contributed by atoms with Gasteiger partial charge in [0.15, 0.2) is 5.76 Å². The quantitative estimate of drug-likeness (QED) is 0.636. The maximum absolute atomic E-state index is 12.5. The molecule has 0 saturated heterocycles. The van der Waals surface area contributed by atoms with Crippen LogP contribution in [0.2, 0.25) is 0 Å². The molecular weight excluding hydrogens is 312 g/mol. The van der Waals surface area contributed by atoms with Crippen LogP contribution in [0.3, 0.4) is 0 Å². The van der Waals surface area contributed by atoms with Gasteiger partial charge in [-0.3, -0.25) is 4.79 Å². The number of methoxy groups -OCH3 is 1. The number of hydrogen-bond acceptors (Lipinski definition) is 3. The van der Waals surface area contributed by atoms with Crippen LogP contribution in [0.15, 0.2) is 78.6 Å². The Morgan fingerprint density at radius 2 is 1.60 bits per heavy atom. The van der Waals surface area contributed by atoms with Crippen LogP contribution in [-0.4, -0.2) is 12.9 Å². The van der Waals surface area contributed by atoms with E-state index in [-0.39, 0.29) is 5.78 Å². The van der Waals surface area contributed by atoms with Crippen LogP contribution in [-0.2, 0) is 0 Å². The van der Waals surface area contributed by atoms with Gasteiger partial charge in [0.2, 0.25) is 5.78 Å². The third-order valence-electron chi connectivity index (χ3n) is 4.19. The molecule has 0 saturated carbocycles. The van der Waals surface area contributed by atoms with E-state index in [1.54, 1.807) is 31.4 Å². The van der Waals surface area contributed by atoms with Crippen LogP contribution in [0.25, 0.3) is 17.2 Å². The summed E-state index contributed by atoms with van der Waals surface area (Å²) in [6.07, 6.45) is 1.77. The lowest BCUT2D eigenvalue weighted by Gasteiger charge is -2.03.